The fourth-order valence-corrected chi connectivity index (χ4v) is 1.86. The molecule has 13 heavy (non-hydrogen) atoms. The molecule has 0 unspecified atom stereocenters. The zero-order valence-corrected chi connectivity index (χ0v) is 9.19. The Morgan fingerprint density at radius 1 is 1.46 bits per heavy atom. The highest BCUT2D eigenvalue weighted by Crippen LogP contribution is 2.11. The van der Waals surface area contributed by atoms with E-state index in [4.69, 9.17) is 0 Å². The van der Waals surface area contributed by atoms with Crippen LogP contribution in [0.4, 0.5) is 0 Å². The van der Waals surface area contributed by atoms with Crippen molar-refractivity contribution in [1.82, 2.24) is 10.2 Å². The van der Waals surface area contributed by atoms with E-state index in [1.165, 1.54) is 0 Å². The van der Waals surface area contributed by atoms with E-state index in [1.54, 1.807) is 6.92 Å². The van der Waals surface area contributed by atoms with Gasteiger partial charge < -0.3 is 10.2 Å². The number of nitrogens with zero attached hydrogens (tertiary/aromatic N) is 1. The summed E-state index contributed by atoms with van der Waals surface area (Å²) in [5.41, 5.74) is 0. The van der Waals surface area contributed by atoms with Gasteiger partial charge in [0.15, 0.2) is 0 Å². The van der Waals surface area contributed by atoms with Crippen LogP contribution in [0.2, 0.25) is 0 Å². The first-order valence-electron chi connectivity index (χ1n) is 4.73. The molecule has 1 rings (SSSR count). The van der Waals surface area contributed by atoms with E-state index in [9.17, 15) is 4.79 Å². The van der Waals surface area contributed by atoms with Crippen LogP contribution in [-0.4, -0.2) is 36.5 Å². The Labute approximate surface area is 86.3 Å². The molecule has 1 heterocycles. The van der Waals surface area contributed by atoms with Gasteiger partial charge in [0.1, 0.15) is 0 Å². The standard InChI is InChI=1S/C9H18N2O.ClH/c1-3-11(8(2)12)9-4-6-10-7-5-9;/h9-10H,3-7H2,1-2H3;1H. The van der Waals surface area contributed by atoms with Gasteiger partial charge in [-0.25, -0.2) is 0 Å². The molecule has 1 fully saturated rings. The molecule has 78 valence electrons. The first kappa shape index (κ1) is 12.7. The van der Waals surface area contributed by atoms with Crippen molar-refractivity contribution in [3.05, 3.63) is 0 Å². The first-order chi connectivity index (χ1) is 5.75. The van der Waals surface area contributed by atoms with Crippen LogP contribution in [0.3, 0.4) is 0 Å². The molecule has 1 amide bonds. The van der Waals surface area contributed by atoms with E-state index in [0.717, 1.165) is 32.5 Å². The Balaban J connectivity index is 0.00000144. The molecular formula is C9H19ClN2O. The lowest BCUT2D eigenvalue weighted by atomic mass is 10.1. The zero-order valence-electron chi connectivity index (χ0n) is 8.38. The van der Waals surface area contributed by atoms with E-state index >= 15 is 0 Å². The fourth-order valence-electron chi connectivity index (χ4n) is 1.86. The Morgan fingerprint density at radius 2 is 2.00 bits per heavy atom. The summed E-state index contributed by atoms with van der Waals surface area (Å²) in [5, 5.41) is 3.29. The molecular weight excluding hydrogens is 188 g/mol. The Bertz CT molecular complexity index is 158. The molecule has 0 radical (unpaired) electrons. The van der Waals surface area contributed by atoms with Gasteiger partial charge in [-0.3, -0.25) is 4.79 Å². The summed E-state index contributed by atoms with van der Waals surface area (Å²) in [4.78, 5) is 13.2. The molecule has 1 saturated heterocycles. The second-order valence-corrected chi connectivity index (χ2v) is 3.29. The summed E-state index contributed by atoms with van der Waals surface area (Å²) >= 11 is 0. The number of carbonyl (C=O) groups excluding carboxylic acids is 1. The van der Waals surface area contributed by atoms with Crippen LogP contribution in [-0.2, 0) is 4.79 Å². The summed E-state index contributed by atoms with van der Waals surface area (Å²) in [6, 6.07) is 0.480. The monoisotopic (exact) mass is 206 g/mol. The molecule has 0 atom stereocenters. The van der Waals surface area contributed by atoms with Gasteiger partial charge in [-0.05, 0) is 32.9 Å². The molecule has 0 aromatic heterocycles. The molecule has 1 aliphatic rings. The highest BCUT2D eigenvalue weighted by molar-refractivity contribution is 5.85. The lowest BCUT2D eigenvalue weighted by molar-refractivity contribution is -0.131. The number of carbonyl (C=O) groups is 1. The average molecular weight is 207 g/mol. The molecule has 0 aromatic carbocycles. The van der Waals surface area contributed by atoms with Crippen LogP contribution in [0, 0.1) is 0 Å². The number of piperidine rings is 1. The first-order valence-corrected chi connectivity index (χ1v) is 4.73. The van der Waals surface area contributed by atoms with E-state index < -0.39 is 0 Å². The number of halogens is 1. The van der Waals surface area contributed by atoms with Gasteiger partial charge in [-0.15, -0.1) is 12.4 Å². The van der Waals surface area contributed by atoms with Crippen LogP contribution in [0.25, 0.3) is 0 Å². The van der Waals surface area contributed by atoms with Crippen molar-refractivity contribution < 1.29 is 4.79 Å². The van der Waals surface area contributed by atoms with Crippen LogP contribution in [0.1, 0.15) is 26.7 Å². The summed E-state index contributed by atoms with van der Waals surface area (Å²) in [6.07, 6.45) is 2.21. The maximum atomic E-state index is 11.2. The van der Waals surface area contributed by atoms with E-state index in [0.29, 0.717) is 6.04 Å². The van der Waals surface area contributed by atoms with E-state index in [-0.39, 0.29) is 18.3 Å². The van der Waals surface area contributed by atoms with Gasteiger partial charge in [-0.2, -0.15) is 0 Å². The molecule has 0 aromatic rings. The van der Waals surface area contributed by atoms with Crippen molar-refractivity contribution >= 4 is 18.3 Å². The second kappa shape index (κ2) is 6.22. The van der Waals surface area contributed by atoms with Gasteiger partial charge in [-0.1, -0.05) is 0 Å². The zero-order chi connectivity index (χ0) is 8.97. The molecule has 3 nitrogen and oxygen atoms in total. The number of hydrogen-bond acceptors (Lipinski definition) is 2. The van der Waals surface area contributed by atoms with Gasteiger partial charge in [0.05, 0.1) is 0 Å². The maximum Gasteiger partial charge on any atom is 0.219 e. The molecule has 0 bridgehead atoms. The van der Waals surface area contributed by atoms with Crippen LogP contribution in [0.15, 0.2) is 0 Å². The molecule has 0 saturated carbocycles. The number of nitrogens with one attached hydrogen (secondary N) is 1. The quantitative estimate of drug-likeness (QED) is 0.732. The van der Waals surface area contributed by atoms with Gasteiger partial charge in [0.2, 0.25) is 5.91 Å². The molecule has 4 heteroatoms. The third-order valence-corrected chi connectivity index (χ3v) is 2.49. The second-order valence-electron chi connectivity index (χ2n) is 3.29. The Morgan fingerprint density at radius 3 is 2.38 bits per heavy atom. The minimum absolute atomic E-state index is 0. The van der Waals surface area contributed by atoms with Crippen LogP contribution in [0.5, 0.6) is 0 Å². The number of hydrogen-bond donors (Lipinski definition) is 1. The lowest BCUT2D eigenvalue weighted by Crippen LogP contribution is -2.45. The average Bonchev–Trinajstić information content (AvgIpc) is 2.07. The third kappa shape index (κ3) is 3.53. The van der Waals surface area contributed by atoms with Gasteiger partial charge >= 0.3 is 0 Å². The SMILES string of the molecule is CCN(C(C)=O)C1CCNCC1.Cl. The van der Waals surface area contributed by atoms with Crippen molar-refractivity contribution in [2.45, 2.75) is 32.7 Å². The predicted octanol–water partition coefficient (Wildman–Crippen LogP) is 1.03. The minimum atomic E-state index is 0. The Hall–Kier alpha value is -0.280. The fraction of sp³-hybridized carbons (Fsp3) is 0.889. The third-order valence-electron chi connectivity index (χ3n) is 2.49. The molecule has 0 spiro atoms. The van der Waals surface area contributed by atoms with Crippen molar-refractivity contribution in [3.63, 3.8) is 0 Å². The number of rotatable bonds is 2. The van der Waals surface area contributed by atoms with Crippen molar-refractivity contribution in [3.8, 4) is 0 Å². The topological polar surface area (TPSA) is 32.3 Å². The van der Waals surface area contributed by atoms with E-state index in [2.05, 4.69) is 5.32 Å². The number of amides is 1. The van der Waals surface area contributed by atoms with Crippen molar-refractivity contribution in [2.75, 3.05) is 19.6 Å². The summed E-state index contributed by atoms with van der Waals surface area (Å²) in [6.45, 7) is 6.65. The summed E-state index contributed by atoms with van der Waals surface area (Å²) in [7, 11) is 0. The lowest BCUT2D eigenvalue weighted by Gasteiger charge is -2.33. The summed E-state index contributed by atoms with van der Waals surface area (Å²) < 4.78 is 0. The Kier molecular flexibility index (Phi) is 6.08. The molecule has 0 aliphatic carbocycles. The maximum absolute atomic E-state index is 11.2. The summed E-state index contributed by atoms with van der Waals surface area (Å²) in [5.74, 6) is 0.212. The highest BCUT2D eigenvalue weighted by atomic mass is 35.5. The van der Waals surface area contributed by atoms with E-state index in [1.807, 2.05) is 11.8 Å². The van der Waals surface area contributed by atoms with Gasteiger partial charge in [0.25, 0.3) is 0 Å². The minimum Gasteiger partial charge on any atom is -0.340 e. The smallest absolute Gasteiger partial charge is 0.219 e. The van der Waals surface area contributed by atoms with Crippen molar-refractivity contribution in [2.24, 2.45) is 0 Å². The predicted molar refractivity (Wildman–Crippen MR) is 56.2 cm³/mol. The molecule has 1 aliphatic heterocycles. The van der Waals surface area contributed by atoms with Gasteiger partial charge in [0, 0.05) is 19.5 Å². The molecule has 1 N–H and O–H groups in total. The highest BCUT2D eigenvalue weighted by Gasteiger charge is 2.20. The van der Waals surface area contributed by atoms with Crippen LogP contribution >= 0.6 is 12.4 Å². The van der Waals surface area contributed by atoms with Crippen molar-refractivity contribution in [1.29, 1.82) is 0 Å². The largest absolute Gasteiger partial charge is 0.340 e. The normalized spacial score (nSPS) is 17.7. The van der Waals surface area contributed by atoms with Crippen LogP contribution < -0.4 is 5.32 Å².